The Morgan fingerprint density at radius 3 is 2.68 bits per heavy atom. The maximum absolute atomic E-state index is 4.60. The topological polar surface area (TPSA) is 66.8 Å². The van der Waals surface area contributed by atoms with E-state index in [1.165, 1.54) is 19.3 Å². The van der Waals surface area contributed by atoms with Crippen LogP contribution >= 0.6 is 11.3 Å². The molecule has 1 aliphatic rings. The molecule has 1 N–H and O–H groups in total. The van der Waals surface area contributed by atoms with Crippen molar-refractivity contribution in [1.82, 2.24) is 19.9 Å². The number of nitrogens with one attached hydrogen (secondary N) is 1. The molecule has 0 radical (unpaired) electrons. The van der Waals surface area contributed by atoms with Gasteiger partial charge in [-0.2, -0.15) is 0 Å². The van der Waals surface area contributed by atoms with E-state index >= 15 is 0 Å². The Morgan fingerprint density at radius 1 is 1.08 bits per heavy atom. The van der Waals surface area contributed by atoms with Gasteiger partial charge < -0.3 is 10.2 Å². The fraction of sp³-hybridized carbons (Fsp3) is 0.333. The van der Waals surface area contributed by atoms with Gasteiger partial charge >= 0.3 is 0 Å². The van der Waals surface area contributed by atoms with Crippen molar-refractivity contribution < 1.29 is 0 Å². The van der Waals surface area contributed by atoms with Crippen LogP contribution < -0.4 is 10.2 Å². The number of anilines is 3. The van der Waals surface area contributed by atoms with Gasteiger partial charge in [-0.1, -0.05) is 11.3 Å². The molecule has 0 spiro atoms. The molecule has 0 aliphatic carbocycles. The summed E-state index contributed by atoms with van der Waals surface area (Å²) in [6.45, 7) is 4.07. The average molecular weight is 352 g/mol. The smallest absolute Gasteiger partial charge is 0.188 e. The summed E-state index contributed by atoms with van der Waals surface area (Å²) < 4.78 is 0. The molecule has 6 nitrogen and oxygen atoms in total. The summed E-state index contributed by atoms with van der Waals surface area (Å²) in [4.78, 5) is 21.1. The second-order valence-corrected chi connectivity index (χ2v) is 7.13. The normalized spacial score (nSPS) is 14.5. The van der Waals surface area contributed by atoms with Crippen LogP contribution in [0.5, 0.6) is 0 Å². The zero-order valence-electron chi connectivity index (χ0n) is 14.1. The highest BCUT2D eigenvalue weighted by molar-refractivity contribution is 7.18. The zero-order valence-corrected chi connectivity index (χ0v) is 15.0. The van der Waals surface area contributed by atoms with Crippen LogP contribution in [0.25, 0.3) is 10.4 Å². The number of thiazole rings is 1. The number of rotatable bonds is 4. The summed E-state index contributed by atoms with van der Waals surface area (Å²) in [5, 5.41) is 4.16. The molecule has 7 heteroatoms. The molecule has 4 heterocycles. The van der Waals surface area contributed by atoms with Crippen LogP contribution in [0.4, 0.5) is 16.8 Å². The van der Waals surface area contributed by atoms with Crippen molar-refractivity contribution in [3.8, 4) is 10.4 Å². The summed E-state index contributed by atoms with van der Waals surface area (Å²) in [5.41, 5.74) is 1.12. The van der Waals surface area contributed by atoms with Crippen LogP contribution in [0.2, 0.25) is 0 Å². The van der Waals surface area contributed by atoms with Gasteiger partial charge in [-0.25, -0.2) is 15.0 Å². The van der Waals surface area contributed by atoms with E-state index in [1.54, 1.807) is 23.7 Å². The first-order valence-electron chi connectivity index (χ1n) is 8.52. The van der Waals surface area contributed by atoms with E-state index in [0.29, 0.717) is 0 Å². The van der Waals surface area contributed by atoms with Gasteiger partial charge in [0.15, 0.2) is 5.13 Å². The maximum atomic E-state index is 4.60. The molecule has 128 valence electrons. The van der Waals surface area contributed by atoms with Crippen LogP contribution in [0.3, 0.4) is 0 Å². The third-order valence-electron chi connectivity index (χ3n) is 4.21. The first-order chi connectivity index (χ1) is 12.3. The Kier molecular flexibility index (Phi) is 4.56. The van der Waals surface area contributed by atoms with Gasteiger partial charge in [0.05, 0.1) is 4.88 Å². The Bertz CT molecular complexity index is 842. The van der Waals surface area contributed by atoms with Crippen molar-refractivity contribution in [2.45, 2.75) is 26.2 Å². The Hall–Kier alpha value is -2.54. The quantitative estimate of drug-likeness (QED) is 0.764. The molecule has 0 aromatic carbocycles. The predicted molar refractivity (Wildman–Crippen MR) is 101 cm³/mol. The van der Waals surface area contributed by atoms with Crippen molar-refractivity contribution in [3.63, 3.8) is 0 Å². The lowest BCUT2D eigenvalue weighted by atomic mass is 10.1. The molecule has 3 aromatic rings. The van der Waals surface area contributed by atoms with E-state index in [2.05, 4.69) is 30.2 Å². The van der Waals surface area contributed by atoms with Gasteiger partial charge in [-0.15, -0.1) is 0 Å². The summed E-state index contributed by atoms with van der Waals surface area (Å²) in [5.74, 6) is 2.57. The van der Waals surface area contributed by atoms with Crippen LogP contribution in [0.1, 0.15) is 25.1 Å². The third-order valence-corrected chi connectivity index (χ3v) is 5.17. The van der Waals surface area contributed by atoms with E-state index in [-0.39, 0.29) is 0 Å². The number of aryl methyl sites for hydroxylation is 1. The van der Waals surface area contributed by atoms with Gasteiger partial charge in [-0.05, 0) is 43.9 Å². The highest BCUT2D eigenvalue weighted by Crippen LogP contribution is 2.30. The number of hydrogen-bond donors (Lipinski definition) is 1. The standard InChI is InChI=1S/C18H20N6S/c1-13-21-16(11-17(22-13)24-9-3-2-4-10-24)23-18-20-12-15(25-18)14-5-7-19-8-6-14/h5-8,11-12H,2-4,9-10H2,1H3,(H,20,21,22,23). The van der Waals surface area contributed by atoms with Crippen molar-refractivity contribution >= 4 is 28.1 Å². The van der Waals surface area contributed by atoms with E-state index in [9.17, 15) is 0 Å². The molecule has 0 unspecified atom stereocenters. The van der Waals surface area contributed by atoms with E-state index < -0.39 is 0 Å². The lowest BCUT2D eigenvalue weighted by Gasteiger charge is -2.28. The van der Waals surface area contributed by atoms with Gasteiger partial charge in [-0.3, -0.25) is 4.98 Å². The number of nitrogens with zero attached hydrogens (tertiary/aromatic N) is 5. The van der Waals surface area contributed by atoms with Crippen LogP contribution in [0, 0.1) is 6.92 Å². The molecule has 1 aliphatic heterocycles. The number of hydrogen-bond acceptors (Lipinski definition) is 7. The minimum atomic E-state index is 0.775. The fourth-order valence-electron chi connectivity index (χ4n) is 2.99. The summed E-state index contributed by atoms with van der Waals surface area (Å²) in [6, 6.07) is 5.99. The van der Waals surface area contributed by atoms with Gasteiger partial charge in [0, 0.05) is 37.7 Å². The first-order valence-corrected chi connectivity index (χ1v) is 9.33. The molecule has 0 saturated carbocycles. The molecule has 0 bridgehead atoms. The van der Waals surface area contributed by atoms with Gasteiger partial charge in [0.25, 0.3) is 0 Å². The van der Waals surface area contributed by atoms with Crippen LogP contribution in [0.15, 0.2) is 36.8 Å². The lowest BCUT2D eigenvalue weighted by Crippen LogP contribution is -2.30. The molecular weight excluding hydrogens is 332 g/mol. The van der Waals surface area contributed by atoms with Crippen molar-refractivity contribution in [1.29, 1.82) is 0 Å². The molecule has 4 rings (SSSR count). The van der Waals surface area contributed by atoms with Gasteiger partial charge in [0.1, 0.15) is 17.5 Å². The Labute approximate surface area is 151 Å². The second kappa shape index (κ2) is 7.14. The molecule has 3 aromatic heterocycles. The highest BCUT2D eigenvalue weighted by Gasteiger charge is 2.14. The number of pyridine rings is 1. The van der Waals surface area contributed by atoms with Crippen LogP contribution in [-0.4, -0.2) is 33.0 Å². The van der Waals surface area contributed by atoms with Crippen molar-refractivity contribution in [3.05, 3.63) is 42.6 Å². The fourth-order valence-corrected chi connectivity index (χ4v) is 3.82. The Balaban J connectivity index is 1.54. The average Bonchev–Trinajstić information content (AvgIpc) is 3.11. The molecule has 0 amide bonds. The lowest BCUT2D eigenvalue weighted by molar-refractivity contribution is 0.572. The SMILES string of the molecule is Cc1nc(Nc2ncc(-c3ccncc3)s2)cc(N2CCCCC2)n1. The largest absolute Gasteiger partial charge is 0.356 e. The summed E-state index contributed by atoms with van der Waals surface area (Å²) in [7, 11) is 0. The molecular formula is C18H20N6S. The molecule has 0 atom stereocenters. The predicted octanol–water partition coefficient (Wildman–Crippen LogP) is 4.04. The minimum absolute atomic E-state index is 0.775. The van der Waals surface area contributed by atoms with E-state index in [4.69, 9.17) is 0 Å². The minimum Gasteiger partial charge on any atom is -0.356 e. The van der Waals surface area contributed by atoms with Crippen molar-refractivity contribution in [2.24, 2.45) is 0 Å². The number of aromatic nitrogens is 4. The van der Waals surface area contributed by atoms with E-state index in [1.807, 2.05) is 31.3 Å². The van der Waals surface area contributed by atoms with Crippen LogP contribution in [-0.2, 0) is 0 Å². The monoisotopic (exact) mass is 352 g/mol. The van der Waals surface area contributed by atoms with Crippen molar-refractivity contribution in [2.75, 3.05) is 23.3 Å². The molecule has 1 fully saturated rings. The zero-order chi connectivity index (χ0) is 17.1. The summed E-state index contributed by atoms with van der Waals surface area (Å²) >= 11 is 1.60. The number of piperidine rings is 1. The maximum Gasteiger partial charge on any atom is 0.188 e. The summed E-state index contributed by atoms with van der Waals surface area (Å²) in [6.07, 6.45) is 9.23. The first kappa shape index (κ1) is 16.0. The Morgan fingerprint density at radius 2 is 1.88 bits per heavy atom. The highest BCUT2D eigenvalue weighted by atomic mass is 32.1. The molecule has 1 saturated heterocycles. The third kappa shape index (κ3) is 3.76. The van der Waals surface area contributed by atoms with Gasteiger partial charge in [0.2, 0.25) is 0 Å². The second-order valence-electron chi connectivity index (χ2n) is 6.10. The molecule has 25 heavy (non-hydrogen) atoms. The van der Waals surface area contributed by atoms with E-state index in [0.717, 1.165) is 46.1 Å².